The third-order valence-electron chi connectivity index (χ3n) is 8.94. The summed E-state index contributed by atoms with van der Waals surface area (Å²) < 4.78 is 7.57. The maximum absolute atomic E-state index is 6.47. The molecule has 0 saturated heterocycles. The summed E-state index contributed by atoms with van der Waals surface area (Å²) in [4.78, 5) is 20.4. The molecule has 10 rings (SSSR count). The lowest BCUT2D eigenvalue weighted by molar-refractivity contribution is 0.669. The van der Waals surface area contributed by atoms with Crippen molar-refractivity contribution in [3.63, 3.8) is 0 Å². The molecule has 0 aliphatic carbocycles. The van der Waals surface area contributed by atoms with Gasteiger partial charge in [-0.3, -0.25) is 0 Å². The van der Waals surface area contributed by atoms with Crippen LogP contribution in [-0.4, -0.2) is 19.9 Å². The van der Waals surface area contributed by atoms with Gasteiger partial charge < -0.3 is 4.42 Å². The highest BCUT2D eigenvalue weighted by molar-refractivity contribution is 7.21. The van der Waals surface area contributed by atoms with Gasteiger partial charge in [0, 0.05) is 39.1 Å². The summed E-state index contributed by atoms with van der Waals surface area (Å²) in [6.45, 7) is 0. The Morgan fingerprint density at radius 1 is 0.438 bits per heavy atom. The molecule has 6 heteroatoms. The summed E-state index contributed by atoms with van der Waals surface area (Å²) in [7, 11) is 0. The lowest BCUT2D eigenvalue weighted by atomic mass is 9.96. The second-order valence-electron chi connectivity index (χ2n) is 11.8. The van der Waals surface area contributed by atoms with Gasteiger partial charge in [0.2, 0.25) is 0 Å². The highest BCUT2D eigenvalue weighted by atomic mass is 32.1. The molecular formula is C42H24N4OS. The summed E-state index contributed by atoms with van der Waals surface area (Å²) in [6, 6.07) is 49.9. The van der Waals surface area contributed by atoms with E-state index < -0.39 is 0 Å². The molecule has 0 unspecified atom stereocenters. The van der Waals surface area contributed by atoms with Gasteiger partial charge in [-0.25, -0.2) is 19.9 Å². The molecule has 0 bridgehead atoms. The summed E-state index contributed by atoms with van der Waals surface area (Å²) in [5.41, 5.74) is 6.38. The van der Waals surface area contributed by atoms with Crippen molar-refractivity contribution < 1.29 is 4.42 Å². The number of benzene rings is 7. The van der Waals surface area contributed by atoms with Crippen molar-refractivity contribution in [1.82, 2.24) is 19.9 Å². The Hall–Kier alpha value is -6.24. The minimum absolute atomic E-state index is 0.596. The minimum atomic E-state index is 0.596. The average molecular weight is 633 g/mol. The van der Waals surface area contributed by atoms with Crippen molar-refractivity contribution in [2.24, 2.45) is 0 Å². The molecule has 0 spiro atoms. The van der Waals surface area contributed by atoms with E-state index in [1.54, 1.807) is 11.3 Å². The first-order valence-corrected chi connectivity index (χ1v) is 16.6. The zero-order chi connectivity index (χ0) is 31.6. The Bertz CT molecular complexity index is 2840. The molecular weight excluding hydrogens is 609 g/mol. The average Bonchev–Trinajstić information content (AvgIpc) is 3.74. The van der Waals surface area contributed by atoms with Crippen LogP contribution in [0.4, 0.5) is 0 Å². The number of fused-ring (bicyclic) bond motifs is 7. The molecule has 7 aromatic carbocycles. The predicted molar refractivity (Wildman–Crippen MR) is 197 cm³/mol. The maximum Gasteiger partial charge on any atom is 0.164 e. The lowest BCUT2D eigenvalue weighted by Gasteiger charge is -2.12. The summed E-state index contributed by atoms with van der Waals surface area (Å²) in [6.07, 6.45) is 0. The van der Waals surface area contributed by atoms with Gasteiger partial charge in [0.25, 0.3) is 0 Å². The highest BCUT2D eigenvalue weighted by Crippen LogP contribution is 2.41. The van der Waals surface area contributed by atoms with Crippen molar-refractivity contribution in [2.75, 3.05) is 0 Å². The number of hydrogen-bond donors (Lipinski definition) is 0. The van der Waals surface area contributed by atoms with Gasteiger partial charge in [0.15, 0.2) is 17.5 Å². The third-order valence-corrected chi connectivity index (χ3v) is 10.0. The first-order valence-electron chi connectivity index (χ1n) is 15.8. The standard InChI is InChI=1S/C42H24N4OS/c1-3-12-25(13-4-1)39-44-40(46-41(45-39)32-22-27-16-7-8-17-28(27)29-18-9-10-19-30(29)32)31-20-11-21-35-38(31)33-23-37-34(24-36(33)47-35)43-42(48-37)26-14-5-2-6-15-26/h1-24H. The van der Waals surface area contributed by atoms with E-state index in [0.29, 0.717) is 17.5 Å². The van der Waals surface area contributed by atoms with Crippen LogP contribution in [0.2, 0.25) is 0 Å². The van der Waals surface area contributed by atoms with E-state index in [9.17, 15) is 0 Å². The predicted octanol–water partition coefficient (Wildman–Crippen LogP) is 11.4. The molecule has 0 aliphatic rings. The molecule has 0 saturated carbocycles. The van der Waals surface area contributed by atoms with Crippen LogP contribution in [0.5, 0.6) is 0 Å². The fraction of sp³-hybridized carbons (Fsp3) is 0. The molecule has 0 fully saturated rings. The van der Waals surface area contributed by atoms with Gasteiger partial charge in [-0.05, 0) is 39.7 Å². The third kappa shape index (κ3) is 4.31. The summed E-state index contributed by atoms with van der Waals surface area (Å²) >= 11 is 1.69. The SMILES string of the molecule is c1ccc(-c2nc(-c3cc4ccccc4c4ccccc34)nc(-c3cccc4oc5cc6nc(-c7ccccc7)sc6cc5c34)n2)cc1. The second-order valence-corrected chi connectivity index (χ2v) is 12.9. The van der Waals surface area contributed by atoms with Crippen molar-refractivity contribution in [2.45, 2.75) is 0 Å². The van der Waals surface area contributed by atoms with Crippen LogP contribution in [0.1, 0.15) is 0 Å². The highest BCUT2D eigenvalue weighted by Gasteiger charge is 2.20. The van der Waals surface area contributed by atoms with Crippen LogP contribution in [0.3, 0.4) is 0 Å². The number of hydrogen-bond acceptors (Lipinski definition) is 6. The van der Waals surface area contributed by atoms with Gasteiger partial charge in [-0.1, -0.05) is 121 Å². The zero-order valence-electron chi connectivity index (χ0n) is 25.5. The summed E-state index contributed by atoms with van der Waals surface area (Å²) in [5, 5.41) is 7.58. The molecule has 3 heterocycles. The van der Waals surface area contributed by atoms with E-state index in [1.165, 1.54) is 10.8 Å². The Morgan fingerprint density at radius 3 is 1.92 bits per heavy atom. The van der Waals surface area contributed by atoms with Crippen LogP contribution in [0, 0.1) is 0 Å². The zero-order valence-corrected chi connectivity index (χ0v) is 26.3. The van der Waals surface area contributed by atoms with E-state index in [1.807, 2.05) is 66.7 Å². The largest absolute Gasteiger partial charge is 0.456 e. The van der Waals surface area contributed by atoms with E-state index >= 15 is 0 Å². The first-order chi connectivity index (χ1) is 23.8. The van der Waals surface area contributed by atoms with Crippen LogP contribution in [-0.2, 0) is 0 Å². The minimum Gasteiger partial charge on any atom is -0.456 e. The number of rotatable bonds is 4. The molecule has 0 radical (unpaired) electrons. The molecule has 5 nitrogen and oxygen atoms in total. The Balaban J connectivity index is 1.23. The molecule has 48 heavy (non-hydrogen) atoms. The summed E-state index contributed by atoms with van der Waals surface area (Å²) in [5.74, 6) is 1.84. The number of furan rings is 1. The van der Waals surface area contributed by atoms with Crippen LogP contribution in [0.15, 0.2) is 150 Å². The number of thiazole rings is 1. The maximum atomic E-state index is 6.47. The first kappa shape index (κ1) is 26.9. The van der Waals surface area contributed by atoms with Gasteiger partial charge in [-0.2, -0.15) is 0 Å². The second kappa shape index (κ2) is 10.7. The van der Waals surface area contributed by atoms with Gasteiger partial charge in [0.1, 0.15) is 16.2 Å². The Labute approximate surface area is 278 Å². The molecule has 0 atom stereocenters. The van der Waals surface area contributed by atoms with Crippen molar-refractivity contribution in [1.29, 1.82) is 0 Å². The van der Waals surface area contributed by atoms with Gasteiger partial charge in [0.05, 0.1) is 10.2 Å². The van der Waals surface area contributed by atoms with E-state index in [-0.39, 0.29) is 0 Å². The normalized spacial score (nSPS) is 11.8. The van der Waals surface area contributed by atoms with Crippen molar-refractivity contribution >= 4 is 65.0 Å². The molecule has 0 N–H and O–H groups in total. The van der Waals surface area contributed by atoms with E-state index in [4.69, 9.17) is 24.4 Å². The van der Waals surface area contributed by atoms with Crippen LogP contribution < -0.4 is 0 Å². The van der Waals surface area contributed by atoms with Gasteiger partial charge >= 0.3 is 0 Å². The fourth-order valence-corrected chi connectivity index (χ4v) is 7.70. The van der Waals surface area contributed by atoms with Crippen LogP contribution in [0.25, 0.3) is 98.4 Å². The lowest BCUT2D eigenvalue weighted by Crippen LogP contribution is -2.01. The molecule has 0 amide bonds. The van der Waals surface area contributed by atoms with Gasteiger partial charge in [-0.15, -0.1) is 11.3 Å². The van der Waals surface area contributed by atoms with E-state index in [2.05, 4.69) is 78.9 Å². The van der Waals surface area contributed by atoms with Crippen molar-refractivity contribution in [3.05, 3.63) is 146 Å². The smallest absolute Gasteiger partial charge is 0.164 e. The monoisotopic (exact) mass is 632 g/mol. The molecule has 10 aromatic rings. The molecule has 3 aromatic heterocycles. The van der Waals surface area contributed by atoms with Crippen molar-refractivity contribution in [3.8, 4) is 44.7 Å². The Morgan fingerprint density at radius 2 is 1.10 bits per heavy atom. The number of aromatic nitrogens is 4. The topological polar surface area (TPSA) is 64.7 Å². The quantitative estimate of drug-likeness (QED) is 0.181. The molecule has 224 valence electrons. The van der Waals surface area contributed by atoms with E-state index in [0.717, 1.165) is 70.2 Å². The molecule has 0 aliphatic heterocycles. The van der Waals surface area contributed by atoms with Crippen LogP contribution >= 0.6 is 11.3 Å². The number of nitrogens with zero attached hydrogens (tertiary/aromatic N) is 4. The fourth-order valence-electron chi connectivity index (χ4n) is 6.71. The Kier molecular flexibility index (Phi) is 5.98.